The monoisotopic (exact) mass is 336 g/mol. The third kappa shape index (κ3) is 4.83. The van der Waals surface area contributed by atoms with Crippen LogP contribution in [0.15, 0.2) is 53.5 Å². The predicted octanol–water partition coefficient (Wildman–Crippen LogP) is 3.04. The second kappa shape index (κ2) is 7.83. The first-order valence-electron chi connectivity index (χ1n) is 8.59. The lowest BCUT2D eigenvalue weighted by Crippen LogP contribution is -2.23. The summed E-state index contributed by atoms with van der Waals surface area (Å²) in [5.41, 5.74) is 10.3. The summed E-state index contributed by atoms with van der Waals surface area (Å²) in [7, 11) is 0. The van der Waals surface area contributed by atoms with Crippen molar-refractivity contribution in [1.29, 1.82) is 0 Å². The van der Waals surface area contributed by atoms with Gasteiger partial charge in [-0.05, 0) is 42.2 Å². The van der Waals surface area contributed by atoms with E-state index < -0.39 is 0 Å². The number of amides is 1. The van der Waals surface area contributed by atoms with E-state index >= 15 is 0 Å². The van der Waals surface area contributed by atoms with Gasteiger partial charge in [0.2, 0.25) is 5.91 Å². The second-order valence-corrected chi connectivity index (χ2v) is 6.43. The zero-order chi connectivity index (χ0) is 17.6. The van der Waals surface area contributed by atoms with Crippen LogP contribution in [0.25, 0.3) is 0 Å². The van der Waals surface area contributed by atoms with E-state index in [0.29, 0.717) is 25.5 Å². The zero-order valence-electron chi connectivity index (χ0n) is 14.5. The molecule has 1 amide bonds. The van der Waals surface area contributed by atoms with Crippen LogP contribution < -0.4 is 11.1 Å². The maximum Gasteiger partial charge on any atom is 0.222 e. The lowest BCUT2D eigenvalue weighted by Gasteiger charge is -2.15. The molecule has 0 aliphatic carbocycles. The molecule has 0 saturated carbocycles. The van der Waals surface area contributed by atoms with Gasteiger partial charge in [0.25, 0.3) is 0 Å². The number of hydrogen-bond acceptors (Lipinski definition) is 2. The maximum atomic E-state index is 11.7. The number of carbonyl (C=O) groups is 1. The van der Waals surface area contributed by atoms with Gasteiger partial charge in [0, 0.05) is 25.2 Å². The van der Waals surface area contributed by atoms with Crippen molar-refractivity contribution >= 4 is 17.6 Å². The van der Waals surface area contributed by atoms with Crippen LogP contribution in [0.3, 0.4) is 0 Å². The highest BCUT2D eigenvalue weighted by Gasteiger charge is 2.19. The highest BCUT2D eigenvalue weighted by Crippen LogP contribution is 2.15. The number of aryl methyl sites for hydroxylation is 1. The molecule has 25 heavy (non-hydrogen) atoms. The molecule has 0 radical (unpaired) electrons. The molecule has 2 aromatic carbocycles. The molecule has 1 aliphatic rings. The average molecular weight is 336 g/mol. The molecule has 2 aromatic rings. The number of carbonyl (C=O) groups excluding carboxylic acids is 1. The van der Waals surface area contributed by atoms with Crippen molar-refractivity contribution in [2.75, 3.05) is 11.9 Å². The minimum atomic E-state index is 0.253. The average Bonchev–Trinajstić information content (AvgIpc) is 2.99. The van der Waals surface area contributed by atoms with Gasteiger partial charge in [-0.1, -0.05) is 36.4 Å². The standard InChI is InChI=1S/C20H24N4O/c1-15-4-2-5-18(12-15)23-20(21)22-13-16-7-9-17(10-8-16)14-24-11-3-6-19(24)25/h2,4-5,7-10,12H,3,6,11,13-14H2,1H3,(H3,21,22,23). The number of nitrogens with one attached hydrogen (secondary N) is 1. The molecule has 5 nitrogen and oxygen atoms in total. The van der Waals surface area contributed by atoms with E-state index in [0.717, 1.165) is 29.8 Å². The van der Waals surface area contributed by atoms with E-state index in [2.05, 4.69) is 22.4 Å². The topological polar surface area (TPSA) is 70.7 Å². The highest BCUT2D eigenvalue weighted by molar-refractivity contribution is 5.92. The van der Waals surface area contributed by atoms with Crippen molar-refractivity contribution in [1.82, 2.24) is 4.90 Å². The molecule has 0 bridgehead atoms. The molecule has 0 aromatic heterocycles. The van der Waals surface area contributed by atoms with Crippen molar-refractivity contribution < 1.29 is 4.79 Å². The van der Waals surface area contributed by atoms with Crippen LogP contribution in [0.5, 0.6) is 0 Å². The summed E-state index contributed by atoms with van der Waals surface area (Å²) < 4.78 is 0. The molecule has 0 unspecified atom stereocenters. The number of nitrogens with zero attached hydrogens (tertiary/aromatic N) is 2. The number of hydrogen-bond donors (Lipinski definition) is 2. The molecule has 0 spiro atoms. The Hall–Kier alpha value is -2.82. The van der Waals surface area contributed by atoms with Crippen molar-refractivity contribution in [3.63, 3.8) is 0 Å². The fourth-order valence-electron chi connectivity index (χ4n) is 2.93. The summed E-state index contributed by atoms with van der Waals surface area (Å²) in [6.07, 6.45) is 1.65. The Morgan fingerprint density at radius 3 is 2.64 bits per heavy atom. The van der Waals surface area contributed by atoms with Gasteiger partial charge in [0.1, 0.15) is 0 Å². The van der Waals surface area contributed by atoms with Crippen LogP contribution in [-0.2, 0) is 17.9 Å². The Kier molecular flexibility index (Phi) is 5.33. The summed E-state index contributed by atoms with van der Waals surface area (Å²) in [6, 6.07) is 16.2. The molecular weight excluding hydrogens is 312 g/mol. The summed E-state index contributed by atoms with van der Waals surface area (Å²) in [4.78, 5) is 18.0. The van der Waals surface area contributed by atoms with Gasteiger partial charge < -0.3 is 16.0 Å². The molecule has 1 aliphatic heterocycles. The number of nitrogens with two attached hydrogens (primary N) is 1. The number of rotatable bonds is 5. The van der Waals surface area contributed by atoms with Gasteiger partial charge in [-0.3, -0.25) is 4.79 Å². The quantitative estimate of drug-likeness (QED) is 0.651. The van der Waals surface area contributed by atoms with Crippen LogP contribution >= 0.6 is 0 Å². The first-order valence-corrected chi connectivity index (χ1v) is 8.59. The summed E-state index contributed by atoms with van der Waals surface area (Å²) in [5.74, 6) is 0.654. The Labute approximate surface area is 148 Å². The van der Waals surface area contributed by atoms with E-state index in [-0.39, 0.29) is 5.91 Å². The molecular formula is C20H24N4O. The number of likely N-dealkylation sites (tertiary alicyclic amines) is 1. The maximum absolute atomic E-state index is 11.7. The second-order valence-electron chi connectivity index (χ2n) is 6.43. The van der Waals surface area contributed by atoms with E-state index in [1.54, 1.807) is 0 Å². The minimum absolute atomic E-state index is 0.253. The Balaban J connectivity index is 1.54. The molecule has 3 N–H and O–H groups in total. The largest absolute Gasteiger partial charge is 0.370 e. The summed E-state index contributed by atoms with van der Waals surface area (Å²) in [5, 5.41) is 3.10. The van der Waals surface area contributed by atoms with Gasteiger partial charge in [0.05, 0.1) is 6.54 Å². The first-order chi connectivity index (χ1) is 12.1. The lowest BCUT2D eigenvalue weighted by atomic mass is 10.1. The van der Waals surface area contributed by atoms with Crippen molar-refractivity contribution in [3.05, 3.63) is 65.2 Å². The van der Waals surface area contributed by atoms with Crippen molar-refractivity contribution in [2.45, 2.75) is 32.9 Å². The van der Waals surface area contributed by atoms with Gasteiger partial charge >= 0.3 is 0 Å². The fourth-order valence-corrected chi connectivity index (χ4v) is 2.93. The van der Waals surface area contributed by atoms with E-state index in [1.807, 2.05) is 48.2 Å². The first kappa shape index (κ1) is 17.0. The summed E-state index contributed by atoms with van der Waals surface area (Å²) in [6.45, 7) is 4.12. The molecule has 3 rings (SSSR count). The summed E-state index contributed by atoms with van der Waals surface area (Å²) >= 11 is 0. The molecule has 1 heterocycles. The van der Waals surface area contributed by atoms with Crippen molar-refractivity contribution in [2.24, 2.45) is 10.7 Å². The van der Waals surface area contributed by atoms with Gasteiger partial charge in [-0.2, -0.15) is 0 Å². The Bertz CT molecular complexity index is 768. The number of anilines is 1. The molecule has 1 fully saturated rings. The Morgan fingerprint density at radius 2 is 1.96 bits per heavy atom. The third-order valence-corrected chi connectivity index (χ3v) is 4.29. The SMILES string of the molecule is Cc1cccc(NC(N)=NCc2ccc(CN3CCCC3=O)cc2)c1. The minimum Gasteiger partial charge on any atom is -0.370 e. The number of benzene rings is 2. The fraction of sp³-hybridized carbons (Fsp3) is 0.300. The molecule has 5 heteroatoms. The van der Waals surface area contributed by atoms with Gasteiger partial charge in [-0.15, -0.1) is 0 Å². The smallest absolute Gasteiger partial charge is 0.222 e. The number of aliphatic imine (C=N–C) groups is 1. The van der Waals surface area contributed by atoms with Crippen LogP contribution in [0, 0.1) is 6.92 Å². The van der Waals surface area contributed by atoms with E-state index in [4.69, 9.17) is 5.73 Å². The van der Waals surface area contributed by atoms with Crippen LogP contribution in [0.1, 0.15) is 29.5 Å². The van der Waals surface area contributed by atoms with E-state index in [1.165, 1.54) is 5.56 Å². The molecule has 130 valence electrons. The zero-order valence-corrected chi connectivity index (χ0v) is 14.5. The lowest BCUT2D eigenvalue weighted by molar-refractivity contribution is -0.128. The normalized spacial score (nSPS) is 14.8. The van der Waals surface area contributed by atoms with Crippen LogP contribution in [0.2, 0.25) is 0 Å². The number of guanidine groups is 1. The van der Waals surface area contributed by atoms with Crippen molar-refractivity contribution in [3.8, 4) is 0 Å². The molecule has 0 atom stereocenters. The van der Waals surface area contributed by atoms with Crippen LogP contribution in [0.4, 0.5) is 5.69 Å². The molecule has 1 saturated heterocycles. The van der Waals surface area contributed by atoms with E-state index in [9.17, 15) is 4.79 Å². The van der Waals surface area contributed by atoms with Gasteiger partial charge in [0.15, 0.2) is 5.96 Å². The Morgan fingerprint density at radius 1 is 1.20 bits per heavy atom. The predicted molar refractivity (Wildman–Crippen MR) is 101 cm³/mol. The van der Waals surface area contributed by atoms with Crippen LogP contribution in [-0.4, -0.2) is 23.3 Å². The third-order valence-electron chi connectivity index (χ3n) is 4.29. The van der Waals surface area contributed by atoms with Gasteiger partial charge in [-0.25, -0.2) is 4.99 Å². The highest BCUT2D eigenvalue weighted by atomic mass is 16.2.